The van der Waals surface area contributed by atoms with Crippen molar-refractivity contribution in [3.63, 3.8) is 0 Å². The first kappa shape index (κ1) is 15.3. The fourth-order valence-electron chi connectivity index (χ4n) is 1.70. The molecule has 0 atom stereocenters. The molecule has 0 aliphatic rings. The van der Waals surface area contributed by atoms with Crippen LogP contribution in [-0.4, -0.2) is 26.1 Å². The molecular formula is C15H24N2O2. The van der Waals surface area contributed by atoms with E-state index in [2.05, 4.69) is 24.5 Å². The summed E-state index contributed by atoms with van der Waals surface area (Å²) in [5.74, 6) is 1.46. The van der Waals surface area contributed by atoms with E-state index in [1.54, 1.807) is 7.11 Å². The third kappa shape index (κ3) is 5.64. The van der Waals surface area contributed by atoms with E-state index in [-0.39, 0.29) is 5.91 Å². The van der Waals surface area contributed by atoms with Gasteiger partial charge in [-0.25, -0.2) is 0 Å². The Labute approximate surface area is 115 Å². The van der Waals surface area contributed by atoms with Crippen molar-refractivity contribution in [2.75, 3.05) is 25.5 Å². The molecule has 0 saturated heterocycles. The van der Waals surface area contributed by atoms with Gasteiger partial charge in [0.05, 0.1) is 13.7 Å². The van der Waals surface area contributed by atoms with E-state index in [9.17, 15) is 4.79 Å². The average molecular weight is 264 g/mol. The number of ether oxygens (including phenoxy) is 1. The number of rotatable bonds is 7. The largest absolute Gasteiger partial charge is 0.497 e. The lowest BCUT2D eigenvalue weighted by Crippen LogP contribution is -2.31. The van der Waals surface area contributed by atoms with E-state index in [1.807, 2.05) is 25.1 Å². The van der Waals surface area contributed by atoms with E-state index in [1.165, 1.54) is 0 Å². The van der Waals surface area contributed by atoms with Crippen molar-refractivity contribution in [1.82, 2.24) is 5.32 Å². The lowest BCUT2D eigenvalue weighted by Gasteiger charge is -2.11. The number of aryl methyl sites for hydroxylation is 1. The maximum atomic E-state index is 11.6. The van der Waals surface area contributed by atoms with Crippen molar-refractivity contribution in [3.8, 4) is 5.75 Å². The summed E-state index contributed by atoms with van der Waals surface area (Å²) >= 11 is 0. The zero-order valence-electron chi connectivity index (χ0n) is 12.2. The number of methoxy groups -OCH3 is 1. The van der Waals surface area contributed by atoms with E-state index < -0.39 is 0 Å². The first-order valence-electron chi connectivity index (χ1n) is 6.68. The Kier molecular flexibility index (Phi) is 6.19. The molecule has 0 aromatic heterocycles. The van der Waals surface area contributed by atoms with Crippen molar-refractivity contribution >= 4 is 11.6 Å². The SMILES string of the molecule is COc1ccc(NCC(=O)NCCC(C)C)c(C)c1. The maximum Gasteiger partial charge on any atom is 0.239 e. The maximum absolute atomic E-state index is 11.6. The molecule has 1 aromatic rings. The van der Waals surface area contributed by atoms with Crippen LogP contribution in [0.25, 0.3) is 0 Å². The summed E-state index contributed by atoms with van der Waals surface area (Å²) in [5, 5.41) is 6.03. The Morgan fingerprint density at radius 2 is 2.11 bits per heavy atom. The number of amides is 1. The van der Waals surface area contributed by atoms with E-state index in [4.69, 9.17) is 4.74 Å². The van der Waals surface area contributed by atoms with Gasteiger partial charge in [0.1, 0.15) is 5.75 Å². The quantitative estimate of drug-likeness (QED) is 0.796. The number of benzene rings is 1. The fourth-order valence-corrected chi connectivity index (χ4v) is 1.70. The minimum Gasteiger partial charge on any atom is -0.497 e. The van der Waals surface area contributed by atoms with E-state index in [0.29, 0.717) is 12.5 Å². The summed E-state index contributed by atoms with van der Waals surface area (Å²) in [7, 11) is 1.64. The Morgan fingerprint density at radius 1 is 1.37 bits per heavy atom. The van der Waals surface area contributed by atoms with Gasteiger partial charge >= 0.3 is 0 Å². The van der Waals surface area contributed by atoms with Crippen LogP contribution in [0.5, 0.6) is 5.75 Å². The summed E-state index contributed by atoms with van der Waals surface area (Å²) in [6.07, 6.45) is 1.01. The van der Waals surface area contributed by atoms with E-state index >= 15 is 0 Å². The second kappa shape index (κ2) is 7.67. The molecule has 0 heterocycles. The van der Waals surface area contributed by atoms with Crippen LogP contribution in [0.2, 0.25) is 0 Å². The van der Waals surface area contributed by atoms with Crippen molar-refractivity contribution in [2.24, 2.45) is 5.92 Å². The van der Waals surface area contributed by atoms with Gasteiger partial charge in [-0.1, -0.05) is 13.8 Å². The molecule has 106 valence electrons. The van der Waals surface area contributed by atoms with Gasteiger partial charge in [0.15, 0.2) is 0 Å². The number of nitrogens with one attached hydrogen (secondary N) is 2. The first-order valence-corrected chi connectivity index (χ1v) is 6.68. The second-order valence-electron chi connectivity index (χ2n) is 5.07. The van der Waals surface area contributed by atoms with Gasteiger partial charge in [0.2, 0.25) is 5.91 Å². The van der Waals surface area contributed by atoms with Gasteiger partial charge in [-0.2, -0.15) is 0 Å². The number of hydrogen-bond donors (Lipinski definition) is 2. The highest BCUT2D eigenvalue weighted by Gasteiger charge is 2.04. The molecule has 0 fully saturated rings. The molecule has 19 heavy (non-hydrogen) atoms. The second-order valence-corrected chi connectivity index (χ2v) is 5.07. The predicted octanol–water partition coefficient (Wildman–Crippen LogP) is 2.58. The lowest BCUT2D eigenvalue weighted by atomic mass is 10.1. The zero-order chi connectivity index (χ0) is 14.3. The van der Waals surface area contributed by atoms with Crippen LogP contribution < -0.4 is 15.4 Å². The van der Waals surface area contributed by atoms with Gasteiger partial charge < -0.3 is 15.4 Å². The van der Waals surface area contributed by atoms with Gasteiger partial charge in [-0.05, 0) is 43.0 Å². The van der Waals surface area contributed by atoms with Crippen LogP contribution in [-0.2, 0) is 4.79 Å². The Bertz CT molecular complexity index is 417. The number of carbonyl (C=O) groups excluding carboxylic acids is 1. The topological polar surface area (TPSA) is 50.4 Å². The fraction of sp³-hybridized carbons (Fsp3) is 0.533. The molecule has 0 saturated carbocycles. The van der Waals surface area contributed by atoms with Crippen LogP contribution in [0.3, 0.4) is 0 Å². The molecule has 0 bridgehead atoms. The van der Waals surface area contributed by atoms with E-state index in [0.717, 1.165) is 30.0 Å². The van der Waals surface area contributed by atoms with Crippen molar-refractivity contribution < 1.29 is 9.53 Å². The monoisotopic (exact) mass is 264 g/mol. The molecule has 0 unspecified atom stereocenters. The lowest BCUT2D eigenvalue weighted by molar-refractivity contribution is -0.119. The molecular weight excluding hydrogens is 240 g/mol. The standard InChI is InChI=1S/C15H24N2O2/c1-11(2)7-8-16-15(18)10-17-14-6-5-13(19-4)9-12(14)3/h5-6,9,11,17H,7-8,10H2,1-4H3,(H,16,18). The predicted molar refractivity (Wildman–Crippen MR) is 78.7 cm³/mol. The molecule has 1 rings (SSSR count). The molecule has 2 N–H and O–H groups in total. The number of anilines is 1. The van der Waals surface area contributed by atoms with Crippen LogP contribution in [0.4, 0.5) is 5.69 Å². The summed E-state index contributed by atoms with van der Waals surface area (Å²) in [5.41, 5.74) is 2.02. The third-order valence-electron chi connectivity index (χ3n) is 2.92. The van der Waals surface area contributed by atoms with Crippen molar-refractivity contribution in [2.45, 2.75) is 27.2 Å². The van der Waals surface area contributed by atoms with Gasteiger partial charge in [-0.3, -0.25) is 4.79 Å². The Morgan fingerprint density at radius 3 is 2.68 bits per heavy atom. The first-order chi connectivity index (χ1) is 9.02. The minimum atomic E-state index is 0.0240. The average Bonchev–Trinajstić information content (AvgIpc) is 2.36. The molecule has 1 amide bonds. The Hall–Kier alpha value is -1.71. The molecule has 4 nitrogen and oxygen atoms in total. The number of hydrogen-bond acceptors (Lipinski definition) is 3. The smallest absolute Gasteiger partial charge is 0.239 e. The molecule has 0 aliphatic heterocycles. The molecule has 0 radical (unpaired) electrons. The molecule has 4 heteroatoms. The highest BCUT2D eigenvalue weighted by molar-refractivity contribution is 5.80. The molecule has 1 aromatic carbocycles. The normalized spacial score (nSPS) is 10.4. The summed E-state index contributed by atoms with van der Waals surface area (Å²) in [6.45, 7) is 7.31. The summed E-state index contributed by atoms with van der Waals surface area (Å²) < 4.78 is 5.14. The number of carbonyl (C=O) groups is 1. The van der Waals surface area contributed by atoms with Crippen molar-refractivity contribution in [3.05, 3.63) is 23.8 Å². The summed E-state index contributed by atoms with van der Waals surface area (Å²) in [6, 6.07) is 5.75. The van der Waals surface area contributed by atoms with Crippen LogP contribution in [0.1, 0.15) is 25.8 Å². The highest BCUT2D eigenvalue weighted by Crippen LogP contribution is 2.20. The van der Waals surface area contributed by atoms with Crippen LogP contribution in [0, 0.1) is 12.8 Å². The Balaban J connectivity index is 2.37. The van der Waals surface area contributed by atoms with Gasteiger partial charge in [-0.15, -0.1) is 0 Å². The zero-order valence-corrected chi connectivity index (χ0v) is 12.2. The molecule has 0 spiro atoms. The van der Waals surface area contributed by atoms with Gasteiger partial charge in [0, 0.05) is 12.2 Å². The van der Waals surface area contributed by atoms with Crippen LogP contribution >= 0.6 is 0 Å². The summed E-state index contributed by atoms with van der Waals surface area (Å²) in [4.78, 5) is 11.6. The van der Waals surface area contributed by atoms with Crippen molar-refractivity contribution in [1.29, 1.82) is 0 Å². The van der Waals surface area contributed by atoms with Crippen LogP contribution in [0.15, 0.2) is 18.2 Å². The molecule has 0 aliphatic carbocycles. The highest BCUT2D eigenvalue weighted by atomic mass is 16.5. The van der Waals surface area contributed by atoms with Gasteiger partial charge in [0.25, 0.3) is 0 Å². The third-order valence-corrected chi connectivity index (χ3v) is 2.92. The minimum absolute atomic E-state index is 0.0240.